The SMILES string of the molecule is CC1CS(=O)(=O)CCN1c1ccc(C#N)c(F)c1. The lowest BCUT2D eigenvalue weighted by Gasteiger charge is -2.35. The molecule has 1 aromatic rings. The van der Waals surface area contributed by atoms with Crippen LogP contribution in [0.5, 0.6) is 0 Å². The van der Waals surface area contributed by atoms with Gasteiger partial charge in [0.15, 0.2) is 9.84 Å². The van der Waals surface area contributed by atoms with E-state index in [1.807, 2.05) is 4.90 Å². The molecule has 0 bridgehead atoms. The van der Waals surface area contributed by atoms with Gasteiger partial charge in [-0.25, -0.2) is 12.8 Å². The molecule has 4 nitrogen and oxygen atoms in total. The fraction of sp³-hybridized carbons (Fsp3) is 0.417. The molecule has 1 heterocycles. The monoisotopic (exact) mass is 268 g/mol. The van der Waals surface area contributed by atoms with Crippen LogP contribution in [0.15, 0.2) is 18.2 Å². The van der Waals surface area contributed by atoms with Crippen molar-refractivity contribution in [3.63, 3.8) is 0 Å². The predicted octanol–water partition coefficient (Wildman–Crippen LogP) is 1.32. The fourth-order valence-electron chi connectivity index (χ4n) is 2.16. The third-order valence-electron chi connectivity index (χ3n) is 3.08. The highest BCUT2D eigenvalue weighted by atomic mass is 32.2. The fourth-order valence-corrected chi connectivity index (χ4v) is 3.71. The summed E-state index contributed by atoms with van der Waals surface area (Å²) in [5.41, 5.74) is 0.616. The van der Waals surface area contributed by atoms with Crippen molar-refractivity contribution >= 4 is 15.5 Å². The van der Waals surface area contributed by atoms with Gasteiger partial charge in [0.25, 0.3) is 0 Å². The van der Waals surface area contributed by atoms with E-state index < -0.39 is 15.7 Å². The van der Waals surface area contributed by atoms with Crippen molar-refractivity contribution in [3.8, 4) is 6.07 Å². The molecule has 1 unspecified atom stereocenters. The lowest BCUT2D eigenvalue weighted by molar-refractivity contribution is 0.567. The molecule has 0 amide bonds. The van der Waals surface area contributed by atoms with Gasteiger partial charge in [-0.2, -0.15) is 5.26 Å². The van der Waals surface area contributed by atoms with Crippen LogP contribution < -0.4 is 4.90 Å². The molecule has 0 saturated carbocycles. The Morgan fingerprint density at radius 1 is 1.50 bits per heavy atom. The van der Waals surface area contributed by atoms with Crippen molar-refractivity contribution in [2.75, 3.05) is 23.0 Å². The van der Waals surface area contributed by atoms with Crippen molar-refractivity contribution in [2.24, 2.45) is 0 Å². The topological polar surface area (TPSA) is 61.2 Å². The van der Waals surface area contributed by atoms with E-state index >= 15 is 0 Å². The Kier molecular flexibility index (Phi) is 3.26. The van der Waals surface area contributed by atoms with Crippen LogP contribution in [0.3, 0.4) is 0 Å². The van der Waals surface area contributed by atoms with Gasteiger partial charge in [0.1, 0.15) is 11.9 Å². The maximum atomic E-state index is 13.5. The first kappa shape index (κ1) is 12.8. The summed E-state index contributed by atoms with van der Waals surface area (Å²) in [5, 5.41) is 8.66. The third-order valence-corrected chi connectivity index (χ3v) is 4.87. The van der Waals surface area contributed by atoms with E-state index in [4.69, 9.17) is 5.26 Å². The number of halogens is 1. The average Bonchev–Trinajstić information content (AvgIpc) is 2.27. The minimum atomic E-state index is -2.98. The highest BCUT2D eigenvalue weighted by Gasteiger charge is 2.28. The summed E-state index contributed by atoms with van der Waals surface area (Å²) in [5.74, 6) is -0.413. The Balaban J connectivity index is 2.28. The zero-order chi connectivity index (χ0) is 13.3. The van der Waals surface area contributed by atoms with Crippen LogP contribution >= 0.6 is 0 Å². The van der Waals surface area contributed by atoms with Crippen LogP contribution in [0.1, 0.15) is 12.5 Å². The molecule has 0 aliphatic carbocycles. The Morgan fingerprint density at radius 3 is 2.78 bits per heavy atom. The molecule has 96 valence electrons. The zero-order valence-electron chi connectivity index (χ0n) is 9.93. The van der Waals surface area contributed by atoms with Gasteiger partial charge in [-0.15, -0.1) is 0 Å². The number of nitriles is 1. The number of hydrogen-bond acceptors (Lipinski definition) is 4. The van der Waals surface area contributed by atoms with Crippen LogP contribution in [0.2, 0.25) is 0 Å². The molecule has 18 heavy (non-hydrogen) atoms. The number of benzene rings is 1. The molecule has 0 N–H and O–H groups in total. The van der Waals surface area contributed by atoms with Crippen molar-refractivity contribution in [3.05, 3.63) is 29.6 Å². The summed E-state index contributed by atoms with van der Waals surface area (Å²) in [4.78, 5) is 1.85. The van der Waals surface area contributed by atoms with Gasteiger partial charge < -0.3 is 4.90 Å². The second-order valence-corrected chi connectivity index (χ2v) is 6.66. The lowest BCUT2D eigenvalue weighted by Crippen LogP contribution is -2.47. The van der Waals surface area contributed by atoms with E-state index in [9.17, 15) is 12.8 Å². The Labute approximate surface area is 106 Å². The number of rotatable bonds is 1. The summed E-state index contributed by atoms with van der Waals surface area (Å²) < 4.78 is 36.4. The highest BCUT2D eigenvalue weighted by Crippen LogP contribution is 2.23. The first-order valence-corrected chi connectivity index (χ1v) is 7.42. The molecule has 1 aliphatic rings. The van der Waals surface area contributed by atoms with Crippen LogP contribution in [0, 0.1) is 17.1 Å². The molecule has 1 atom stereocenters. The van der Waals surface area contributed by atoms with Crippen LogP contribution in [0.4, 0.5) is 10.1 Å². The molecule has 1 aliphatic heterocycles. The van der Waals surface area contributed by atoms with E-state index in [-0.39, 0.29) is 23.1 Å². The maximum absolute atomic E-state index is 13.5. The van der Waals surface area contributed by atoms with E-state index in [2.05, 4.69) is 0 Å². The summed E-state index contributed by atoms with van der Waals surface area (Å²) in [6, 6.07) is 5.93. The summed E-state index contributed by atoms with van der Waals surface area (Å²) in [7, 11) is -2.98. The van der Waals surface area contributed by atoms with Crippen molar-refractivity contribution in [2.45, 2.75) is 13.0 Å². The second-order valence-electron chi connectivity index (χ2n) is 4.43. The molecule has 1 fully saturated rings. The largest absolute Gasteiger partial charge is 0.367 e. The van der Waals surface area contributed by atoms with Gasteiger partial charge in [0.05, 0.1) is 17.1 Å². The molecule has 0 radical (unpaired) electrons. The first-order chi connectivity index (χ1) is 8.43. The van der Waals surface area contributed by atoms with E-state index in [0.717, 1.165) is 0 Å². The van der Waals surface area contributed by atoms with Gasteiger partial charge in [0.2, 0.25) is 0 Å². The number of anilines is 1. The summed E-state index contributed by atoms with van der Waals surface area (Å²) in [6.07, 6.45) is 0. The molecular weight excluding hydrogens is 255 g/mol. The number of sulfone groups is 1. The molecule has 1 aromatic carbocycles. The molecular formula is C12H13FN2O2S. The Morgan fingerprint density at radius 2 is 2.22 bits per heavy atom. The molecule has 0 aromatic heterocycles. The third kappa shape index (κ3) is 2.46. The summed E-state index contributed by atoms with van der Waals surface area (Å²) >= 11 is 0. The van der Waals surface area contributed by atoms with Crippen LogP contribution in [-0.4, -0.2) is 32.5 Å². The first-order valence-electron chi connectivity index (χ1n) is 5.59. The minimum absolute atomic E-state index is 0.00367. The van der Waals surface area contributed by atoms with Crippen molar-refractivity contribution < 1.29 is 12.8 Å². The number of nitrogens with zero attached hydrogens (tertiary/aromatic N) is 2. The molecule has 0 spiro atoms. The van der Waals surface area contributed by atoms with Gasteiger partial charge in [0, 0.05) is 18.3 Å². The van der Waals surface area contributed by atoms with Crippen molar-refractivity contribution in [1.29, 1.82) is 5.26 Å². The van der Waals surface area contributed by atoms with Gasteiger partial charge in [-0.3, -0.25) is 0 Å². The highest BCUT2D eigenvalue weighted by molar-refractivity contribution is 7.91. The number of hydrogen-bond donors (Lipinski definition) is 0. The van der Waals surface area contributed by atoms with Crippen LogP contribution in [-0.2, 0) is 9.84 Å². The maximum Gasteiger partial charge on any atom is 0.154 e. The summed E-state index contributed by atoms with van der Waals surface area (Å²) in [6.45, 7) is 2.15. The normalized spacial score (nSPS) is 22.5. The standard InChI is InChI=1S/C12H13FN2O2S/c1-9-8-18(16,17)5-4-15(9)11-3-2-10(7-14)12(13)6-11/h2-3,6,9H,4-5,8H2,1H3. The smallest absolute Gasteiger partial charge is 0.154 e. The minimum Gasteiger partial charge on any atom is -0.367 e. The van der Waals surface area contributed by atoms with Crippen molar-refractivity contribution in [1.82, 2.24) is 0 Å². The van der Waals surface area contributed by atoms with Gasteiger partial charge >= 0.3 is 0 Å². The molecule has 2 rings (SSSR count). The van der Waals surface area contributed by atoms with E-state index in [1.165, 1.54) is 12.1 Å². The lowest BCUT2D eigenvalue weighted by atomic mass is 10.1. The zero-order valence-corrected chi connectivity index (χ0v) is 10.7. The van der Waals surface area contributed by atoms with Gasteiger partial charge in [-0.05, 0) is 25.1 Å². The average molecular weight is 268 g/mol. The predicted molar refractivity (Wildman–Crippen MR) is 66.6 cm³/mol. The van der Waals surface area contributed by atoms with Gasteiger partial charge in [-0.1, -0.05) is 0 Å². The quantitative estimate of drug-likeness (QED) is 0.770. The van der Waals surface area contributed by atoms with E-state index in [0.29, 0.717) is 12.2 Å². The Bertz CT molecular complexity index is 607. The molecule has 6 heteroatoms. The second kappa shape index (κ2) is 4.58. The molecule has 1 saturated heterocycles. The Hall–Kier alpha value is -1.61. The van der Waals surface area contributed by atoms with Crippen LogP contribution in [0.25, 0.3) is 0 Å². The van der Waals surface area contributed by atoms with E-state index in [1.54, 1.807) is 19.1 Å².